The topological polar surface area (TPSA) is 82.0 Å². The standard InChI is InChI=1S/C11H17NO4/c1-16-11-4-8(2-3-10(11)15)5-12-6-9(14)7-13/h2-4,9,12-15H,5-7H2,1H3. The van der Waals surface area contributed by atoms with E-state index < -0.39 is 6.10 Å². The SMILES string of the molecule is COc1cc(CNCC(O)CO)ccc1O. The molecule has 1 atom stereocenters. The zero-order valence-corrected chi connectivity index (χ0v) is 9.18. The van der Waals surface area contributed by atoms with Gasteiger partial charge in [0.2, 0.25) is 0 Å². The summed E-state index contributed by atoms with van der Waals surface area (Å²) in [7, 11) is 1.49. The third-order valence-corrected chi connectivity index (χ3v) is 2.16. The number of rotatable bonds is 6. The second-order valence-electron chi connectivity index (χ2n) is 3.47. The highest BCUT2D eigenvalue weighted by molar-refractivity contribution is 5.41. The Bertz CT molecular complexity index is 330. The van der Waals surface area contributed by atoms with Gasteiger partial charge in [0, 0.05) is 13.1 Å². The maximum absolute atomic E-state index is 9.37. The highest BCUT2D eigenvalue weighted by Crippen LogP contribution is 2.25. The monoisotopic (exact) mass is 227 g/mol. The molecule has 0 bridgehead atoms. The number of hydrogen-bond donors (Lipinski definition) is 4. The van der Waals surface area contributed by atoms with Crippen LogP contribution in [-0.4, -0.2) is 41.7 Å². The molecule has 1 rings (SSSR count). The first-order valence-electron chi connectivity index (χ1n) is 5.03. The summed E-state index contributed by atoms with van der Waals surface area (Å²) in [5, 5.41) is 30.1. The van der Waals surface area contributed by atoms with Crippen LogP contribution in [0.5, 0.6) is 11.5 Å². The molecule has 1 aromatic carbocycles. The molecule has 5 nitrogen and oxygen atoms in total. The third kappa shape index (κ3) is 3.69. The van der Waals surface area contributed by atoms with Crippen molar-refractivity contribution < 1.29 is 20.1 Å². The van der Waals surface area contributed by atoms with Crippen LogP contribution in [0.2, 0.25) is 0 Å². The zero-order valence-electron chi connectivity index (χ0n) is 9.18. The van der Waals surface area contributed by atoms with Crippen molar-refractivity contribution in [1.82, 2.24) is 5.32 Å². The number of phenolic OH excluding ortho intramolecular Hbond substituents is 1. The fraction of sp³-hybridized carbons (Fsp3) is 0.455. The summed E-state index contributed by atoms with van der Waals surface area (Å²) in [6.07, 6.45) is -0.751. The van der Waals surface area contributed by atoms with Crippen LogP contribution < -0.4 is 10.1 Å². The summed E-state index contributed by atoms with van der Waals surface area (Å²) in [5.74, 6) is 0.517. The molecule has 0 radical (unpaired) electrons. The number of aliphatic hydroxyl groups excluding tert-OH is 2. The number of hydrogen-bond acceptors (Lipinski definition) is 5. The number of methoxy groups -OCH3 is 1. The normalized spacial score (nSPS) is 12.4. The maximum Gasteiger partial charge on any atom is 0.160 e. The van der Waals surface area contributed by atoms with Gasteiger partial charge in [-0.05, 0) is 17.7 Å². The zero-order chi connectivity index (χ0) is 12.0. The predicted molar refractivity (Wildman–Crippen MR) is 59.5 cm³/mol. The lowest BCUT2D eigenvalue weighted by Gasteiger charge is -2.10. The number of nitrogens with one attached hydrogen (secondary N) is 1. The Kier molecular flexibility index (Phi) is 5.04. The maximum atomic E-state index is 9.37. The van der Waals surface area contributed by atoms with Gasteiger partial charge < -0.3 is 25.4 Å². The van der Waals surface area contributed by atoms with E-state index in [1.807, 2.05) is 0 Å². The van der Waals surface area contributed by atoms with Crippen molar-refractivity contribution in [1.29, 1.82) is 0 Å². The number of aromatic hydroxyl groups is 1. The van der Waals surface area contributed by atoms with Gasteiger partial charge in [0.05, 0.1) is 19.8 Å². The summed E-state index contributed by atoms with van der Waals surface area (Å²) in [6, 6.07) is 5.03. The fourth-order valence-electron chi connectivity index (χ4n) is 1.28. The van der Waals surface area contributed by atoms with E-state index in [1.165, 1.54) is 7.11 Å². The van der Waals surface area contributed by atoms with Crippen LogP contribution in [0.1, 0.15) is 5.56 Å². The van der Waals surface area contributed by atoms with Crippen LogP contribution in [0.3, 0.4) is 0 Å². The molecule has 0 fully saturated rings. The predicted octanol–water partition coefficient (Wildman–Crippen LogP) is -0.156. The molecule has 0 saturated carbocycles. The number of benzene rings is 1. The molecule has 0 aliphatic rings. The Labute approximate surface area is 94.3 Å². The van der Waals surface area contributed by atoms with E-state index in [4.69, 9.17) is 14.9 Å². The lowest BCUT2D eigenvalue weighted by molar-refractivity contribution is 0.0942. The quantitative estimate of drug-likeness (QED) is 0.543. The molecule has 1 unspecified atom stereocenters. The van der Waals surface area contributed by atoms with Gasteiger partial charge in [0.15, 0.2) is 11.5 Å². The van der Waals surface area contributed by atoms with Gasteiger partial charge in [0.25, 0.3) is 0 Å². The molecule has 16 heavy (non-hydrogen) atoms. The summed E-state index contributed by atoms with van der Waals surface area (Å²) in [6.45, 7) is 0.597. The molecule has 0 aliphatic heterocycles. The van der Waals surface area contributed by atoms with Crippen molar-refractivity contribution in [3.63, 3.8) is 0 Å². The minimum atomic E-state index is -0.751. The molecule has 4 N–H and O–H groups in total. The lowest BCUT2D eigenvalue weighted by atomic mass is 10.2. The van der Waals surface area contributed by atoms with E-state index in [0.717, 1.165) is 5.56 Å². The molecule has 90 valence electrons. The van der Waals surface area contributed by atoms with E-state index in [9.17, 15) is 5.11 Å². The Morgan fingerprint density at radius 3 is 2.81 bits per heavy atom. The molecule has 1 aromatic rings. The first-order valence-corrected chi connectivity index (χ1v) is 5.03. The largest absolute Gasteiger partial charge is 0.504 e. The summed E-state index contributed by atoms with van der Waals surface area (Å²) in [5.41, 5.74) is 0.930. The highest BCUT2D eigenvalue weighted by atomic mass is 16.5. The molecule has 0 amide bonds. The van der Waals surface area contributed by atoms with Crippen molar-refractivity contribution >= 4 is 0 Å². The minimum absolute atomic E-state index is 0.0987. The van der Waals surface area contributed by atoms with Gasteiger partial charge in [-0.3, -0.25) is 0 Å². The first kappa shape index (κ1) is 12.8. The van der Waals surface area contributed by atoms with Gasteiger partial charge in [-0.1, -0.05) is 6.07 Å². The molecular weight excluding hydrogens is 210 g/mol. The average molecular weight is 227 g/mol. The second kappa shape index (κ2) is 6.32. The fourth-order valence-corrected chi connectivity index (χ4v) is 1.28. The number of ether oxygens (including phenoxy) is 1. The van der Waals surface area contributed by atoms with Crippen LogP contribution in [0, 0.1) is 0 Å². The van der Waals surface area contributed by atoms with Crippen molar-refractivity contribution in [2.24, 2.45) is 0 Å². The second-order valence-corrected chi connectivity index (χ2v) is 3.47. The Hall–Kier alpha value is -1.30. The lowest BCUT2D eigenvalue weighted by Crippen LogP contribution is -2.28. The molecule has 0 aliphatic carbocycles. The average Bonchev–Trinajstić information content (AvgIpc) is 2.31. The van der Waals surface area contributed by atoms with Crippen LogP contribution in [0.4, 0.5) is 0 Å². The number of aliphatic hydroxyl groups is 2. The van der Waals surface area contributed by atoms with Gasteiger partial charge in [-0.25, -0.2) is 0 Å². The van der Waals surface area contributed by atoms with Crippen molar-refractivity contribution in [2.45, 2.75) is 12.6 Å². The van der Waals surface area contributed by atoms with Gasteiger partial charge >= 0.3 is 0 Å². The van der Waals surface area contributed by atoms with E-state index >= 15 is 0 Å². The van der Waals surface area contributed by atoms with E-state index in [2.05, 4.69) is 5.32 Å². The van der Waals surface area contributed by atoms with Gasteiger partial charge in [0.1, 0.15) is 0 Å². The molecule has 0 aromatic heterocycles. The summed E-state index contributed by atoms with van der Waals surface area (Å²) in [4.78, 5) is 0. The molecule has 0 heterocycles. The van der Waals surface area contributed by atoms with Crippen LogP contribution >= 0.6 is 0 Å². The van der Waals surface area contributed by atoms with Crippen LogP contribution in [-0.2, 0) is 6.54 Å². The first-order chi connectivity index (χ1) is 7.67. The summed E-state index contributed by atoms with van der Waals surface area (Å²) < 4.78 is 4.97. The van der Waals surface area contributed by atoms with Crippen molar-refractivity contribution in [3.05, 3.63) is 23.8 Å². The Morgan fingerprint density at radius 1 is 1.44 bits per heavy atom. The van der Waals surface area contributed by atoms with E-state index in [-0.39, 0.29) is 12.4 Å². The van der Waals surface area contributed by atoms with E-state index in [1.54, 1.807) is 18.2 Å². The van der Waals surface area contributed by atoms with Crippen LogP contribution in [0.25, 0.3) is 0 Å². The summed E-state index contributed by atoms with van der Waals surface area (Å²) >= 11 is 0. The minimum Gasteiger partial charge on any atom is -0.504 e. The molecule has 5 heteroatoms. The van der Waals surface area contributed by atoms with Crippen molar-refractivity contribution in [2.75, 3.05) is 20.3 Å². The van der Waals surface area contributed by atoms with Gasteiger partial charge in [-0.15, -0.1) is 0 Å². The molecule has 0 saturated heterocycles. The molecular formula is C11H17NO4. The highest BCUT2D eigenvalue weighted by Gasteiger charge is 2.04. The van der Waals surface area contributed by atoms with Crippen molar-refractivity contribution in [3.8, 4) is 11.5 Å². The Balaban J connectivity index is 2.48. The smallest absolute Gasteiger partial charge is 0.160 e. The Morgan fingerprint density at radius 2 is 2.19 bits per heavy atom. The third-order valence-electron chi connectivity index (χ3n) is 2.16. The van der Waals surface area contributed by atoms with Gasteiger partial charge in [-0.2, -0.15) is 0 Å². The van der Waals surface area contributed by atoms with Crippen LogP contribution in [0.15, 0.2) is 18.2 Å². The number of phenols is 1. The van der Waals surface area contributed by atoms with E-state index in [0.29, 0.717) is 18.8 Å². The molecule has 0 spiro atoms.